The molecule has 0 spiro atoms. The quantitative estimate of drug-likeness (QED) is 0.699. The summed E-state index contributed by atoms with van der Waals surface area (Å²) >= 11 is 12.6. The third-order valence-electron chi connectivity index (χ3n) is 4.77. The molecule has 1 N–H and O–H groups in total. The van der Waals surface area contributed by atoms with Crippen molar-refractivity contribution in [2.45, 2.75) is 52.2 Å². The zero-order valence-electron chi connectivity index (χ0n) is 17.4. The number of hydrogen-bond acceptors (Lipinski definition) is 5. The second kappa shape index (κ2) is 8.86. The van der Waals surface area contributed by atoms with E-state index < -0.39 is 5.60 Å². The molecule has 2 aromatic rings. The van der Waals surface area contributed by atoms with Gasteiger partial charge in [0.05, 0.1) is 10.0 Å². The predicted octanol–water partition coefficient (Wildman–Crippen LogP) is 5.09. The first-order valence-electron chi connectivity index (χ1n) is 9.76. The van der Waals surface area contributed by atoms with E-state index in [0.29, 0.717) is 58.6 Å². The minimum absolute atomic E-state index is 0.0833. The van der Waals surface area contributed by atoms with Crippen LogP contribution in [0.4, 0.5) is 4.79 Å². The Kier molecular flexibility index (Phi) is 6.62. The molecule has 1 fully saturated rings. The lowest BCUT2D eigenvalue weighted by molar-refractivity contribution is 0.0199. The maximum Gasteiger partial charge on any atom is 0.410 e. The van der Waals surface area contributed by atoms with Crippen LogP contribution in [0.5, 0.6) is 0 Å². The maximum absolute atomic E-state index is 13.0. The number of aryl methyl sites for hydroxylation is 1. The van der Waals surface area contributed by atoms with Gasteiger partial charge in [-0.1, -0.05) is 34.4 Å². The average molecular weight is 454 g/mol. The van der Waals surface area contributed by atoms with E-state index in [2.05, 4.69) is 10.5 Å². The van der Waals surface area contributed by atoms with Gasteiger partial charge in [-0.05, 0) is 52.7 Å². The molecule has 9 heteroatoms. The van der Waals surface area contributed by atoms with Crippen LogP contribution in [0.1, 0.15) is 49.7 Å². The molecule has 1 aliphatic heterocycles. The lowest BCUT2D eigenvalue weighted by Gasteiger charge is -2.33. The molecule has 7 nitrogen and oxygen atoms in total. The monoisotopic (exact) mass is 453 g/mol. The van der Waals surface area contributed by atoms with E-state index in [0.717, 1.165) is 0 Å². The average Bonchev–Trinajstić information content (AvgIpc) is 3.02. The van der Waals surface area contributed by atoms with Crippen molar-refractivity contribution < 1.29 is 18.8 Å². The summed E-state index contributed by atoms with van der Waals surface area (Å²) in [6.45, 7) is 8.19. The van der Waals surface area contributed by atoms with Crippen LogP contribution < -0.4 is 5.32 Å². The van der Waals surface area contributed by atoms with E-state index in [1.807, 2.05) is 20.8 Å². The summed E-state index contributed by atoms with van der Waals surface area (Å²) < 4.78 is 10.7. The summed E-state index contributed by atoms with van der Waals surface area (Å²) in [7, 11) is 0. The Morgan fingerprint density at radius 3 is 2.37 bits per heavy atom. The molecule has 0 bridgehead atoms. The number of nitrogens with zero attached hydrogens (tertiary/aromatic N) is 2. The summed E-state index contributed by atoms with van der Waals surface area (Å²) in [5.41, 5.74) is 0.540. The first kappa shape index (κ1) is 22.4. The van der Waals surface area contributed by atoms with Crippen LogP contribution in [-0.2, 0) is 4.74 Å². The van der Waals surface area contributed by atoms with E-state index in [9.17, 15) is 9.59 Å². The van der Waals surface area contributed by atoms with Crippen molar-refractivity contribution in [1.82, 2.24) is 15.4 Å². The minimum atomic E-state index is -0.537. The molecule has 1 aliphatic rings. The highest BCUT2D eigenvalue weighted by Gasteiger charge is 2.30. The fraction of sp³-hybridized carbons (Fsp3) is 0.476. The first-order chi connectivity index (χ1) is 14.1. The smallest absolute Gasteiger partial charge is 0.410 e. The SMILES string of the molecule is Cc1onc(-c2c(Cl)cccc2Cl)c1C(=O)NC1CCN(C(=O)OC(C)(C)C)CC1. The number of likely N-dealkylation sites (tertiary alicyclic amines) is 1. The molecule has 0 unspecified atom stereocenters. The Bertz CT molecular complexity index is 924. The van der Waals surface area contributed by atoms with Crippen molar-refractivity contribution in [2.75, 3.05) is 13.1 Å². The molecule has 2 amide bonds. The number of carbonyl (C=O) groups excluding carboxylic acids is 2. The van der Waals surface area contributed by atoms with Crippen LogP contribution in [0.15, 0.2) is 22.7 Å². The largest absolute Gasteiger partial charge is 0.444 e. The second-order valence-corrected chi connectivity index (χ2v) is 9.09. The molecule has 0 aliphatic carbocycles. The van der Waals surface area contributed by atoms with Crippen LogP contribution >= 0.6 is 23.2 Å². The van der Waals surface area contributed by atoms with E-state index in [1.54, 1.807) is 30.0 Å². The molecule has 0 radical (unpaired) electrons. The number of nitrogens with one attached hydrogen (secondary N) is 1. The third kappa shape index (κ3) is 5.08. The number of halogens is 2. The Balaban J connectivity index is 1.69. The Morgan fingerprint density at radius 2 is 1.80 bits per heavy atom. The van der Waals surface area contributed by atoms with E-state index in [4.69, 9.17) is 32.5 Å². The molecule has 162 valence electrons. The third-order valence-corrected chi connectivity index (χ3v) is 5.40. The Hall–Kier alpha value is -2.25. The van der Waals surface area contributed by atoms with Crippen LogP contribution in [0.25, 0.3) is 11.3 Å². The van der Waals surface area contributed by atoms with Gasteiger partial charge in [0, 0.05) is 24.7 Å². The highest BCUT2D eigenvalue weighted by atomic mass is 35.5. The molecule has 30 heavy (non-hydrogen) atoms. The molecule has 2 heterocycles. The van der Waals surface area contributed by atoms with Gasteiger partial charge in [-0.25, -0.2) is 4.79 Å². The standard InChI is InChI=1S/C21H25Cl2N3O4/c1-12-16(18(25-30-12)17-14(22)6-5-7-15(17)23)19(27)24-13-8-10-26(11-9-13)20(28)29-21(2,3)4/h5-7,13H,8-11H2,1-4H3,(H,24,27). The molecule has 1 aromatic heterocycles. The van der Waals surface area contributed by atoms with Gasteiger partial charge in [0.25, 0.3) is 5.91 Å². The summed E-state index contributed by atoms with van der Waals surface area (Å²) in [4.78, 5) is 26.9. The Morgan fingerprint density at radius 1 is 1.20 bits per heavy atom. The van der Waals surface area contributed by atoms with Crippen LogP contribution in [0, 0.1) is 6.92 Å². The molecule has 1 saturated heterocycles. The minimum Gasteiger partial charge on any atom is -0.444 e. The van der Waals surface area contributed by atoms with Crippen LogP contribution in [0.3, 0.4) is 0 Å². The van der Waals surface area contributed by atoms with Gasteiger partial charge in [0.15, 0.2) is 0 Å². The van der Waals surface area contributed by atoms with Crippen molar-refractivity contribution in [2.24, 2.45) is 0 Å². The molecular weight excluding hydrogens is 429 g/mol. The highest BCUT2D eigenvalue weighted by Crippen LogP contribution is 2.36. The molecule has 3 rings (SSSR count). The molecule has 0 saturated carbocycles. The fourth-order valence-corrected chi connectivity index (χ4v) is 3.90. The number of aromatic nitrogens is 1. The number of benzene rings is 1. The first-order valence-corrected chi connectivity index (χ1v) is 10.5. The normalized spacial score (nSPS) is 15.2. The van der Waals surface area contributed by atoms with Crippen molar-refractivity contribution in [1.29, 1.82) is 0 Å². The van der Waals surface area contributed by atoms with Crippen LogP contribution in [-0.4, -0.2) is 46.8 Å². The van der Waals surface area contributed by atoms with Gasteiger partial charge in [0.2, 0.25) is 0 Å². The van der Waals surface area contributed by atoms with Crippen molar-refractivity contribution in [3.05, 3.63) is 39.6 Å². The Labute approximate surface area is 185 Å². The number of amides is 2. The molecule has 0 atom stereocenters. The zero-order chi connectivity index (χ0) is 22.1. The maximum atomic E-state index is 13.0. The summed E-state index contributed by atoms with van der Waals surface area (Å²) in [6.07, 6.45) is 0.910. The lowest BCUT2D eigenvalue weighted by atomic mass is 10.0. The van der Waals surface area contributed by atoms with Crippen LogP contribution in [0.2, 0.25) is 10.0 Å². The van der Waals surface area contributed by atoms with Crippen molar-refractivity contribution in [3.63, 3.8) is 0 Å². The highest BCUT2D eigenvalue weighted by molar-refractivity contribution is 6.39. The zero-order valence-corrected chi connectivity index (χ0v) is 18.9. The van der Waals surface area contributed by atoms with Gasteiger partial charge >= 0.3 is 6.09 Å². The van der Waals surface area contributed by atoms with E-state index in [1.165, 1.54) is 0 Å². The summed E-state index contributed by atoms with van der Waals surface area (Å²) in [5.74, 6) is 0.0696. The number of piperidine rings is 1. The number of carbonyl (C=O) groups is 2. The summed E-state index contributed by atoms with van der Waals surface area (Å²) in [6, 6.07) is 5.00. The van der Waals surface area contributed by atoms with Crippen molar-refractivity contribution in [3.8, 4) is 11.3 Å². The number of hydrogen-bond donors (Lipinski definition) is 1. The predicted molar refractivity (Wildman–Crippen MR) is 115 cm³/mol. The lowest BCUT2D eigenvalue weighted by Crippen LogP contribution is -2.47. The van der Waals surface area contributed by atoms with Gasteiger partial charge in [-0.3, -0.25) is 4.79 Å². The second-order valence-electron chi connectivity index (χ2n) is 8.27. The topological polar surface area (TPSA) is 84.7 Å². The number of rotatable bonds is 3. The van der Waals surface area contributed by atoms with Crippen molar-refractivity contribution >= 4 is 35.2 Å². The van der Waals surface area contributed by atoms with Gasteiger partial charge in [-0.15, -0.1) is 0 Å². The van der Waals surface area contributed by atoms with Gasteiger partial charge in [-0.2, -0.15) is 0 Å². The molecular formula is C21H25Cl2N3O4. The number of ether oxygens (including phenoxy) is 1. The summed E-state index contributed by atoms with van der Waals surface area (Å²) in [5, 5.41) is 7.80. The van der Waals surface area contributed by atoms with E-state index in [-0.39, 0.29) is 18.0 Å². The van der Waals surface area contributed by atoms with Gasteiger partial charge < -0.3 is 19.5 Å². The fourth-order valence-electron chi connectivity index (χ4n) is 3.32. The van der Waals surface area contributed by atoms with Gasteiger partial charge in [0.1, 0.15) is 22.6 Å². The molecule has 1 aromatic carbocycles. The van der Waals surface area contributed by atoms with E-state index >= 15 is 0 Å².